The van der Waals surface area contributed by atoms with Gasteiger partial charge in [-0.3, -0.25) is 9.89 Å². The van der Waals surface area contributed by atoms with Crippen LogP contribution in [0.2, 0.25) is 0 Å². The number of nitrogens with one attached hydrogen (secondary N) is 2. The van der Waals surface area contributed by atoms with Crippen molar-refractivity contribution in [3.8, 4) is 11.4 Å². The lowest BCUT2D eigenvalue weighted by atomic mass is 10.2. The summed E-state index contributed by atoms with van der Waals surface area (Å²) < 4.78 is 17.7. The molecule has 3 aromatic rings. The second-order valence-electron chi connectivity index (χ2n) is 5.35. The highest BCUT2D eigenvalue weighted by molar-refractivity contribution is 7.99. The van der Waals surface area contributed by atoms with E-state index in [1.807, 2.05) is 0 Å². The Bertz CT molecular complexity index is 959. The number of carbonyl (C=O) groups excluding carboxylic acids is 2. The maximum Gasteiger partial charge on any atom is 0.339 e. The minimum atomic E-state index is -0.531. The van der Waals surface area contributed by atoms with Crippen molar-refractivity contribution in [1.82, 2.24) is 15.2 Å². The van der Waals surface area contributed by atoms with Gasteiger partial charge < -0.3 is 10.1 Å². The monoisotopic (exact) mass is 386 g/mol. The Kier molecular flexibility index (Phi) is 5.82. The number of carbonyl (C=O) groups is 2. The van der Waals surface area contributed by atoms with E-state index in [4.69, 9.17) is 4.74 Å². The molecule has 0 saturated carbocycles. The fourth-order valence-electron chi connectivity index (χ4n) is 2.24. The molecule has 1 amide bonds. The number of aromatic nitrogens is 3. The molecular formula is C18H15FN4O3S. The Morgan fingerprint density at radius 3 is 2.67 bits per heavy atom. The highest BCUT2D eigenvalue weighted by Crippen LogP contribution is 2.21. The summed E-state index contributed by atoms with van der Waals surface area (Å²) in [5.74, 6) is -0.650. The summed E-state index contributed by atoms with van der Waals surface area (Å²) in [6.45, 7) is 0. The standard InChI is InChI=1S/C18H15FN4O3S/c1-26-17(25)13-4-2-3-5-14(13)20-15(24)10-27-18-21-16(22-23-18)11-6-8-12(19)9-7-11/h2-9H,10H2,1H3,(H,20,24)(H,21,22,23). The summed E-state index contributed by atoms with van der Waals surface area (Å²) in [6.07, 6.45) is 0. The first-order chi connectivity index (χ1) is 13.1. The van der Waals surface area contributed by atoms with Gasteiger partial charge in [0.15, 0.2) is 5.82 Å². The average Bonchev–Trinajstić information content (AvgIpc) is 3.16. The fourth-order valence-corrected chi connectivity index (χ4v) is 2.84. The van der Waals surface area contributed by atoms with Gasteiger partial charge in [-0.25, -0.2) is 14.2 Å². The molecule has 27 heavy (non-hydrogen) atoms. The first-order valence-electron chi connectivity index (χ1n) is 7.85. The predicted octanol–water partition coefficient (Wildman–Crippen LogP) is 3.13. The number of anilines is 1. The number of esters is 1. The number of nitrogens with zero attached hydrogens (tertiary/aromatic N) is 2. The average molecular weight is 386 g/mol. The van der Waals surface area contributed by atoms with Gasteiger partial charge in [-0.05, 0) is 36.4 Å². The molecule has 3 rings (SSSR count). The minimum Gasteiger partial charge on any atom is -0.465 e. The van der Waals surface area contributed by atoms with E-state index in [-0.39, 0.29) is 23.0 Å². The molecule has 0 aliphatic carbocycles. The van der Waals surface area contributed by atoms with Crippen LogP contribution < -0.4 is 5.32 Å². The number of H-pyrrole nitrogens is 1. The maximum absolute atomic E-state index is 13.0. The smallest absolute Gasteiger partial charge is 0.339 e. The number of benzene rings is 2. The van der Waals surface area contributed by atoms with Crippen LogP contribution in [0.3, 0.4) is 0 Å². The van der Waals surface area contributed by atoms with Crippen molar-refractivity contribution in [2.45, 2.75) is 5.16 Å². The molecule has 0 atom stereocenters. The van der Waals surface area contributed by atoms with Crippen LogP contribution in [0.15, 0.2) is 53.7 Å². The number of amides is 1. The number of thioether (sulfide) groups is 1. The molecule has 1 aromatic heterocycles. The summed E-state index contributed by atoms with van der Waals surface area (Å²) >= 11 is 1.13. The first kappa shape index (κ1) is 18.6. The van der Waals surface area contributed by atoms with Gasteiger partial charge in [-0.15, -0.1) is 5.10 Å². The van der Waals surface area contributed by atoms with Crippen LogP contribution in [0.25, 0.3) is 11.4 Å². The highest BCUT2D eigenvalue weighted by Gasteiger charge is 2.14. The van der Waals surface area contributed by atoms with Gasteiger partial charge in [-0.1, -0.05) is 23.9 Å². The van der Waals surface area contributed by atoms with Crippen molar-refractivity contribution in [3.05, 3.63) is 59.9 Å². The molecule has 138 valence electrons. The largest absolute Gasteiger partial charge is 0.465 e. The van der Waals surface area contributed by atoms with Crippen LogP contribution >= 0.6 is 11.8 Å². The number of hydrogen-bond acceptors (Lipinski definition) is 6. The zero-order valence-corrected chi connectivity index (χ0v) is 15.0. The molecule has 0 fully saturated rings. The first-order valence-corrected chi connectivity index (χ1v) is 8.83. The summed E-state index contributed by atoms with van der Waals surface area (Å²) in [7, 11) is 1.28. The molecule has 0 aliphatic heterocycles. The molecule has 0 spiro atoms. The molecule has 0 unspecified atom stereocenters. The van der Waals surface area contributed by atoms with E-state index in [1.54, 1.807) is 36.4 Å². The van der Waals surface area contributed by atoms with E-state index < -0.39 is 5.97 Å². The number of halogens is 1. The topological polar surface area (TPSA) is 97.0 Å². The second kappa shape index (κ2) is 8.45. The number of hydrogen-bond donors (Lipinski definition) is 2. The van der Waals surface area contributed by atoms with E-state index in [9.17, 15) is 14.0 Å². The Morgan fingerprint density at radius 2 is 1.93 bits per heavy atom. The number of rotatable bonds is 6. The summed E-state index contributed by atoms with van der Waals surface area (Å²) in [6, 6.07) is 12.4. The van der Waals surface area contributed by atoms with Crippen LogP contribution in [0, 0.1) is 5.82 Å². The Labute approximate surface area is 158 Å². The van der Waals surface area contributed by atoms with Crippen LogP contribution in [0.1, 0.15) is 10.4 Å². The number of methoxy groups -OCH3 is 1. The van der Waals surface area contributed by atoms with E-state index in [1.165, 1.54) is 19.2 Å². The minimum absolute atomic E-state index is 0.0518. The van der Waals surface area contributed by atoms with Gasteiger partial charge in [0.1, 0.15) is 5.82 Å². The zero-order valence-electron chi connectivity index (χ0n) is 14.2. The molecule has 1 heterocycles. The molecule has 0 aliphatic rings. The third kappa shape index (κ3) is 4.70. The Hall–Kier alpha value is -3.20. The van der Waals surface area contributed by atoms with Crippen molar-refractivity contribution in [2.75, 3.05) is 18.2 Å². The molecule has 0 radical (unpaired) electrons. The number of ether oxygens (including phenoxy) is 1. The van der Waals surface area contributed by atoms with Gasteiger partial charge >= 0.3 is 5.97 Å². The lowest BCUT2D eigenvalue weighted by Crippen LogP contribution is -2.17. The van der Waals surface area contributed by atoms with E-state index >= 15 is 0 Å². The molecular weight excluding hydrogens is 371 g/mol. The van der Waals surface area contributed by atoms with Crippen molar-refractivity contribution in [3.63, 3.8) is 0 Å². The Morgan fingerprint density at radius 1 is 1.19 bits per heavy atom. The quantitative estimate of drug-likeness (QED) is 0.499. The second-order valence-corrected chi connectivity index (χ2v) is 6.29. The predicted molar refractivity (Wildman–Crippen MR) is 98.9 cm³/mol. The summed E-state index contributed by atoms with van der Waals surface area (Å²) in [5, 5.41) is 9.83. The van der Waals surface area contributed by atoms with Gasteiger partial charge in [0.25, 0.3) is 0 Å². The lowest BCUT2D eigenvalue weighted by Gasteiger charge is -2.08. The van der Waals surface area contributed by atoms with E-state index in [2.05, 4.69) is 20.5 Å². The molecule has 0 saturated heterocycles. The van der Waals surface area contributed by atoms with Crippen LogP contribution in [-0.4, -0.2) is 39.9 Å². The number of para-hydroxylation sites is 1. The van der Waals surface area contributed by atoms with Crippen LogP contribution in [0.5, 0.6) is 0 Å². The summed E-state index contributed by atoms with van der Waals surface area (Å²) in [5.41, 5.74) is 1.33. The number of aromatic amines is 1. The molecule has 7 nitrogen and oxygen atoms in total. The lowest BCUT2D eigenvalue weighted by molar-refractivity contribution is -0.113. The van der Waals surface area contributed by atoms with Crippen molar-refractivity contribution < 1.29 is 18.7 Å². The maximum atomic E-state index is 13.0. The zero-order chi connectivity index (χ0) is 19.2. The molecule has 9 heteroatoms. The van der Waals surface area contributed by atoms with E-state index in [0.717, 1.165) is 11.8 Å². The van der Waals surface area contributed by atoms with Gasteiger partial charge in [0.05, 0.1) is 24.1 Å². The third-order valence-electron chi connectivity index (χ3n) is 3.52. The molecule has 0 bridgehead atoms. The van der Waals surface area contributed by atoms with Crippen LogP contribution in [0.4, 0.5) is 10.1 Å². The molecule has 2 N–H and O–H groups in total. The Balaban J connectivity index is 1.60. The van der Waals surface area contributed by atoms with E-state index in [0.29, 0.717) is 22.2 Å². The van der Waals surface area contributed by atoms with Crippen molar-refractivity contribution in [2.24, 2.45) is 0 Å². The van der Waals surface area contributed by atoms with Gasteiger partial charge in [0.2, 0.25) is 11.1 Å². The summed E-state index contributed by atoms with van der Waals surface area (Å²) in [4.78, 5) is 28.2. The molecule has 2 aromatic carbocycles. The van der Waals surface area contributed by atoms with Gasteiger partial charge in [-0.2, -0.15) is 0 Å². The fraction of sp³-hybridized carbons (Fsp3) is 0.111. The third-order valence-corrected chi connectivity index (χ3v) is 4.37. The van der Waals surface area contributed by atoms with Gasteiger partial charge in [0, 0.05) is 5.56 Å². The highest BCUT2D eigenvalue weighted by atomic mass is 32.2. The SMILES string of the molecule is COC(=O)c1ccccc1NC(=O)CSc1n[nH]c(-c2ccc(F)cc2)n1. The van der Waals surface area contributed by atoms with Crippen molar-refractivity contribution in [1.29, 1.82) is 0 Å². The van der Waals surface area contributed by atoms with Crippen molar-refractivity contribution >= 4 is 29.3 Å². The van der Waals surface area contributed by atoms with Crippen LogP contribution in [-0.2, 0) is 9.53 Å². The normalized spacial score (nSPS) is 10.4.